The van der Waals surface area contributed by atoms with Gasteiger partial charge in [0.05, 0.1) is 6.04 Å². The van der Waals surface area contributed by atoms with Crippen molar-refractivity contribution >= 4 is 0 Å². The number of benzene rings is 1. The Balaban J connectivity index is 2.19. The van der Waals surface area contributed by atoms with Gasteiger partial charge in [-0.3, -0.25) is 0 Å². The largest absolute Gasteiger partial charge is 0.310 e. The van der Waals surface area contributed by atoms with Crippen LogP contribution in [0.25, 0.3) is 0 Å². The average molecular weight is 229 g/mol. The molecule has 1 N–H and O–H groups in total. The Morgan fingerprint density at radius 1 is 1.06 bits per heavy atom. The summed E-state index contributed by atoms with van der Waals surface area (Å²) in [5, 5.41) is 3.44. The van der Waals surface area contributed by atoms with Gasteiger partial charge in [0, 0.05) is 0 Å². The lowest BCUT2D eigenvalue weighted by Gasteiger charge is -2.19. The highest BCUT2D eigenvalue weighted by Gasteiger charge is 2.17. The van der Waals surface area contributed by atoms with Gasteiger partial charge >= 0.3 is 0 Å². The van der Waals surface area contributed by atoms with Crippen molar-refractivity contribution < 1.29 is 0 Å². The van der Waals surface area contributed by atoms with E-state index in [1.54, 1.807) is 5.57 Å². The van der Waals surface area contributed by atoms with E-state index in [9.17, 15) is 0 Å². The molecule has 1 unspecified atom stereocenters. The van der Waals surface area contributed by atoms with E-state index in [1.807, 2.05) is 0 Å². The molecule has 0 bridgehead atoms. The van der Waals surface area contributed by atoms with E-state index in [0.717, 1.165) is 0 Å². The smallest absolute Gasteiger partial charge is 0.0533 e. The number of likely N-dealkylation sites (N-methyl/N-ethyl adjacent to an activating group) is 1. The molecule has 0 radical (unpaired) electrons. The Morgan fingerprint density at radius 2 is 1.71 bits per heavy atom. The van der Waals surface area contributed by atoms with Crippen molar-refractivity contribution in [1.29, 1.82) is 0 Å². The molecule has 0 aliphatic heterocycles. The van der Waals surface area contributed by atoms with Gasteiger partial charge in [-0.05, 0) is 43.4 Å². The Bertz CT molecular complexity index is 386. The maximum atomic E-state index is 3.44. The maximum Gasteiger partial charge on any atom is 0.0533 e. The summed E-state index contributed by atoms with van der Waals surface area (Å²) in [5.41, 5.74) is 4.37. The molecule has 2 rings (SSSR count). The zero-order chi connectivity index (χ0) is 12.3. The van der Waals surface area contributed by atoms with Crippen LogP contribution >= 0.6 is 0 Å². The van der Waals surface area contributed by atoms with Crippen LogP contribution in [0.4, 0.5) is 0 Å². The minimum Gasteiger partial charge on any atom is -0.310 e. The first-order valence-electron chi connectivity index (χ1n) is 6.68. The lowest BCUT2D eigenvalue weighted by molar-refractivity contribution is 0.655. The lowest BCUT2D eigenvalue weighted by atomic mass is 9.95. The third-order valence-corrected chi connectivity index (χ3v) is 3.67. The van der Waals surface area contributed by atoms with Crippen molar-refractivity contribution in [2.75, 3.05) is 7.05 Å². The van der Waals surface area contributed by atoms with E-state index < -0.39 is 0 Å². The standard InChI is InChI=1S/C16H23N/c1-12(2)13-8-10-15(11-9-13)16(17-3)14-6-4-5-7-14/h6,8-12,16-17H,4-5,7H2,1-3H3. The number of nitrogens with one attached hydrogen (secondary N) is 1. The van der Waals surface area contributed by atoms with Crippen molar-refractivity contribution in [3.63, 3.8) is 0 Å². The second kappa shape index (κ2) is 5.50. The van der Waals surface area contributed by atoms with Crippen molar-refractivity contribution in [3.05, 3.63) is 47.0 Å². The lowest BCUT2D eigenvalue weighted by Crippen LogP contribution is -2.18. The molecule has 0 fully saturated rings. The van der Waals surface area contributed by atoms with Crippen molar-refractivity contribution in [2.45, 2.75) is 45.1 Å². The zero-order valence-corrected chi connectivity index (χ0v) is 11.2. The minimum absolute atomic E-state index is 0.415. The van der Waals surface area contributed by atoms with E-state index in [1.165, 1.54) is 30.4 Å². The van der Waals surface area contributed by atoms with Crippen LogP contribution in [0.3, 0.4) is 0 Å². The van der Waals surface area contributed by atoms with Gasteiger partial charge in [-0.2, -0.15) is 0 Å². The summed E-state index contributed by atoms with van der Waals surface area (Å²) in [4.78, 5) is 0. The first-order valence-corrected chi connectivity index (χ1v) is 6.68. The van der Waals surface area contributed by atoms with E-state index in [-0.39, 0.29) is 0 Å². The van der Waals surface area contributed by atoms with E-state index in [0.29, 0.717) is 12.0 Å². The summed E-state index contributed by atoms with van der Waals surface area (Å²) in [5.74, 6) is 0.614. The van der Waals surface area contributed by atoms with E-state index >= 15 is 0 Å². The fourth-order valence-corrected chi connectivity index (χ4v) is 2.60. The van der Waals surface area contributed by atoms with E-state index in [4.69, 9.17) is 0 Å². The van der Waals surface area contributed by atoms with Crippen LogP contribution in [-0.2, 0) is 0 Å². The molecule has 1 heteroatoms. The number of allylic oxidation sites excluding steroid dienone is 1. The molecule has 0 amide bonds. The van der Waals surface area contributed by atoms with Gasteiger partial charge in [0.1, 0.15) is 0 Å². The molecule has 1 aliphatic carbocycles. The second-order valence-corrected chi connectivity index (χ2v) is 5.21. The summed E-state index contributed by atoms with van der Waals surface area (Å²) < 4.78 is 0. The zero-order valence-electron chi connectivity index (χ0n) is 11.2. The molecule has 1 aromatic carbocycles. The number of rotatable bonds is 4. The van der Waals surface area contributed by atoms with Crippen LogP contribution < -0.4 is 5.32 Å². The quantitative estimate of drug-likeness (QED) is 0.764. The third kappa shape index (κ3) is 2.78. The van der Waals surface area contributed by atoms with Gasteiger partial charge in [0.15, 0.2) is 0 Å². The van der Waals surface area contributed by atoms with Crippen LogP contribution in [-0.4, -0.2) is 7.05 Å². The molecule has 1 atom stereocenters. The van der Waals surface area contributed by atoms with E-state index in [2.05, 4.69) is 56.6 Å². The van der Waals surface area contributed by atoms with Crippen LogP contribution in [0.2, 0.25) is 0 Å². The van der Waals surface area contributed by atoms with Gasteiger partial charge in [-0.1, -0.05) is 49.8 Å². The van der Waals surface area contributed by atoms with Crippen LogP contribution in [0, 0.1) is 0 Å². The summed E-state index contributed by atoms with van der Waals surface area (Å²) in [6.45, 7) is 4.48. The van der Waals surface area contributed by atoms with Crippen LogP contribution in [0.15, 0.2) is 35.9 Å². The van der Waals surface area contributed by atoms with Crippen LogP contribution in [0.1, 0.15) is 56.2 Å². The Kier molecular flexibility index (Phi) is 4.01. The summed E-state index contributed by atoms with van der Waals surface area (Å²) in [7, 11) is 2.06. The number of hydrogen-bond acceptors (Lipinski definition) is 1. The predicted octanol–water partition coefficient (Wildman–Crippen LogP) is 4.18. The monoisotopic (exact) mass is 229 g/mol. The minimum atomic E-state index is 0.415. The summed E-state index contributed by atoms with van der Waals surface area (Å²) in [6.07, 6.45) is 6.21. The fraction of sp³-hybridized carbons (Fsp3) is 0.500. The Labute approximate surface area is 105 Å². The highest BCUT2D eigenvalue weighted by molar-refractivity contribution is 5.33. The topological polar surface area (TPSA) is 12.0 Å². The summed E-state index contributed by atoms with van der Waals surface area (Å²) in [6, 6.07) is 9.49. The summed E-state index contributed by atoms with van der Waals surface area (Å²) >= 11 is 0. The van der Waals surface area contributed by atoms with Crippen molar-refractivity contribution in [3.8, 4) is 0 Å². The molecule has 1 nitrogen and oxygen atoms in total. The molecule has 92 valence electrons. The molecule has 0 aromatic heterocycles. The molecule has 1 aromatic rings. The second-order valence-electron chi connectivity index (χ2n) is 5.21. The maximum absolute atomic E-state index is 3.44. The van der Waals surface area contributed by atoms with Gasteiger partial charge in [-0.25, -0.2) is 0 Å². The SMILES string of the molecule is CNC(C1=CCCC1)c1ccc(C(C)C)cc1. The first-order chi connectivity index (χ1) is 8.22. The highest BCUT2D eigenvalue weighted by Crippen LogP contribution is 2.30. The number of hydrogen-bond donors (Lipinski definition) is 1. The van der Waals surface area contributed by atoms with Crippen molar-refractivity contribution in [1.82, 2.24) is 5.32 Å². The molecule has 0 saturated heterocycles. The first kappa shape index (κ1) is 12.4. The molecule has 17 heavy (non-hydrogen) atoms. The molecule has 0 spiro atoms. The fourth-order valence-electron chi connectivity index (χ4n) is 2.60. The normalized spacial score (nSPS) is 17.3. The highest BCUT2D eigenvalue weighted by atomic mass is 14.9. The Hall–Kier alpha value is -1.08. The predicted molar refractivity (Wildman–Crippen MR) is 74.3 cm³/mol. The average Bonchev–Trinajstić information content (AvgIpc) is 2.84. The molecule has 0 heterocycles. The van der Waals surface area contributed by atoms with Crippen molar-refractivity contribution in [2.24, 2.45) is 0 Å². The van der Waals surface area contributed by atoms with Gasteiger partial charge in [0.25, 0.3) is 0 Å². The molecular weight excluding hydrogens is 206 g/mol. The van der Waals surface area contributed by atoms with Crippen LogP contribution in [0.5, 0.6) is 0 Å². The third-order valence-electron chi connectivity index (χ3n) is 3.67. The van der Waals surface area contributed by atoms with Gasteiger partial charge < -0.3 is 5.32 Å². The van der Waals surface area contributed by atoms with Gasteiger partial charge in [-0.15, -0.1) is 0 Å². The molecule has 1 aliphatic rings. The molecule has 0 saturated carbocycles. The van der Waals surface area contributed by atoms with Gasteiger partial charge in [0.2, 0.25) is 0 Å². The molecular formula is C16H23N. The Morgan fingerprint density at radius 3 is 2.18 bits per heavy atom.